The van der Waals surface area contributed by atoms with Crippen LogP contribution in [0.5, 0.6) is 5.75 Å². The molecule has 2 amide bonds. The molecule has 0 spiro atoms. The summed E-state index contributed by atoms with van der Waals surface area (Å²) in [4.78, 5) is 30.2. The predicted octanol–water partition coefficient (Wildman–Crippen LogP) is 6.57. The van der Waals surface area contributed by atoms with Crippen molar-refractivity contribution in [1.82, 2.24) is 19.4 Å². The van der Waals surface area contributed by atoms with Crippen molar-refractivity contribution in [3.05, 3.63) is 71.8 Å². The van der Waals surface area contributed by atoms with E-state index in [9.17, 15) is 31.2 Å². The molecule has 0 unspecified atom stereocenters. The summed E-state index contributed by atoms with van der Waals surface area (Å²) >= 11 is 0. The maximum absolute atomic E-state index is 14.4. The van der Waals surface area contributed by atoms with Crippen LogP contribution in [0.25, 0.3) is 10.8 Å². The molecule has 0 bridgehead atoms. The number of nitrogens with zero attached hydrogens (tertiary/aromatic N) is 3. The summed E-state index contributed by atoms with van der Waals surface area (Å²) in [5.74, 6) is 0.390. The third-order valence-electron chi connectivity index (χ3n) is 9.91. The average Bonchev–Trinajstić information content (AvgIpc) is 3.60. The van der Waals surface area contributed by atoms with Crippen molar-refractivity contribution in [2.24, 2.45) is 0 Å². The number of rotatable bonds is 8. The molecule has 0 radical (unpaired) electrons. The molecule has 2 aliphatic heterocycles. The first kappa shape index (κ1) is 37.9. The Hall–Kier alpha value is -3.88. The van der Waals surface area contributed by atoms with Gasteiger partial charge in [-0.1, -0.05) is 24.3 Å². The van der Waals surface area contributed by atoms with E-state index in [1.54, 1.807) is 43.9 Å². The molecular formula is C38H47F3N4O6S. The van der Waals surface area contributed by atoms with E-state index in [1.165, 1.54) is 16.4 Å². The molecule has 52 heavy (non-hydrogen) atoms. The van der Waals surface area contributed by atoms with Crippen molar-refractivity contribution in [3.8, 4) is 5.75 Å². The normalized spacial score (nSPS) is 20.3. The zero-order valence-electron chi connectivity index (χ0n) is 29.8. The van der Waals surface area contributed by atoms with Gasteiger partial charge in [-0.25, -0.2) is 13.2 Å². The molecular weight excluding hydrogens is 698 g/mol. The van der Waals surface area contributed by atoms with Gasteiger partial charge in [-0.05, 0) is 112 Å². The van der Waals surface area contributed by atoms with E-state index < -0.39 is 39.5 Å². The lowest BCUT2D eigenvalue weighted by Gasteiger charge is -2.42. The van der Waals surface area contributed by atoms with Crippen molar-refractivity contribution >= 4 is 32.8 Å². The molecule has 1 aliphatic carbocycles. The Morgan fingerprint density at radius 2 is 1.50 bits per heavy atom. The minimum Gasteiger partial charge on any atom is -0.490 e. The van der Waals surface area contributed by atoms with E-state index in [0.717, 1.165) is 54.3 Å². The van der Waals surface area contributed by atoms with Gasteiger partial charge in [0.25, 0.3) is 0 Å². The number of halogens is 3. The second kappa shape index (κ2) is 15.2. The first-order valence-electron chi connectivity index (χ1n) is 17.9. The van der Waals surface area contributed by atoms with Crippen LogP contribution in [0.3, 0.4) is 0 Å². The summed E-state index contributed by atoms with van der Waals surface area (Å²) in [5, 5.41) is 4.42. The van der Waals surface area contributed by atoms with Gasteiger partial charge in [0.2, 0.25) is 15.9 Å². The van der Waals surface area contributed by atoms with E-state index in [4.69, 9.17) is 9.47 Å². The van der Waals surface area contributed by atoms with E-state index in [-0.39, 0.29) is 49.1 Å². The van der Waals surface area contributed by atoms with Crippen molar-refractivity contribution < 1.29 is 40.7 Å². The molecule has 14 heteroatoms. The lowest BCUT2D eigenvalue weighted by atomic mass is 10.0. The van der Waals surface area contributed by atoms with Crippen LogP contribution in [0, 0.1) is 0 Å². The number of likely N-dealkylation sites (tertiary alicyclic amines) is 1. The van der Waals surface area contributed by atoms with E-state index in [0.29, 0.717) is 31.5 Å². The van der Waals surface area contributed by atoms with Gasteiger partial charge in [-0.2, -0.15) is 17.5 Å². The monoisotopic (exact) mass is 744 g/mol. The molecule has 2 saturated heterocycles. The molecule has 282 valence electrons. The van der Waals surface area contributed by atoms with Gasteiger partial charge in [0.05, 0.1) is 16.6 Å². The van der Waals surface area contributed by atoms with Crippen LogP contribution in [0.1, 0.15) is 70.4 Å². The van der Waals surface area contributed by atoms with Crippen LogP contribution < -0.4 is 10.1 Å². The third kappa shape index (κ3) is 9.18. The number of hydrogen-bond donors (Lipinski definition) is 1. The Balaban J connectivity index is 1.20. The molecule has 0 aromatic heterocycles. The highest BCUT2D eigenvalue weighted by Crippen LogP contribution is 2.32. The van der Waals surface area contributed by atoms with Gasteiger partial charge in [-0.3, -0.25) is 9.69 Å². The minimum atomic E-state index is -4.46. The fourth-order valence-corrected chi connectivity index (χ4v) is 8.81. The van der Waals surface area contributed by atoms with Crippen molar-refractivity contribution in [2.45, 2.75) is 101 Å². The molecule has 3 aromatic carbocycles. The Morgan fingerprint density at radius 1 is 0.846 bits per heavy atom. The largest absolute Gasteiger partial charge is 0.490 e. The summed E-state index contributed by atoms with van der Waals surface area (Å²) in [6.45, 7) is 6.55. The van der Waals surface area contributed by atoms with Crippen LogP contribution >= 0.6 is 0 Å². The van der Waals surface area contributed by atoms with Gasteiger partial charge in [0.15, 0.2) is 0 Å². The molecule has 1 N–H and O–H groups in total. The first-order valence-corrected chi connectivity index (χ1v) is 19.4. The van der Waals surface area contributed by atoms with Gasteiger partial charge < -0.3 is 19.7 Å². The maximum atomic E-state index is 14.4. The van der Waals surface area contributed by atoms with Crippen molar-refractivity contribution in [1.29, 1.82) is 0 Å². The Bertz CT molecular complexity index is 1850. The van der Waals surface area contributed by atoms with Crippen LogP contribution in [0.2, 0.25) is 0 Å². The van der Waals surface area contributed by atoms with Crippen LogP contribution in [0.4, 0.5) is 18.0 Å². The highest BCUT2D eigenvalue weighted by atomic mass is 32.2. The Kier molecular flexibility index (Phi) is 11.1. The number of carbonyl (C=O) groups excluding carboxylic acids is 2. The molecule has 1 atom stereocenters. The fraction of sp³-hybridized carbons (Fsp3) is 0.526. The maximum Gasteiger partial charge on any atom is 0.416 e. The SMILES string of the molecule is CC(C)(C)OC(=O)NC1CCN(C(=O)[C@@H]2CN(Cc3ccc(C(F)(F)F)cc3)CCN2S(=O)(=O)c2ccc3cc(OC4CCCC4)ccc3c2)CC1. The zero-order chi connectivity index (χ0) is 37.3. The lowest BCUT2D eigenvalue weighted by molar-refractivity contribution is -0.139. The zero-order valence-corrected chi connectivity index (χ0v) is 30.6. The lowest BCUT2D eigenvalue weighted by Crippen LogP contribution is -2.61. The number of carbonyl (C=O) groups is 2. The Labute approximate surface area is 303 Å². The van der Waals surface area contributed by atoms with Crippen LogP contribution in [-0.4, -0.2) is 91.0 Å². The highest BCUT2D eigenvalue weighted by molar-refractivity contribution is 7.89. The summed E-state index contributed by atoms with van der Waals surface area (Å²) in [7, 11) is -4.15. The van der Waals surface area contributed by atoms with Crippen LogP contribution in [0.15, 0.2) is 65.6 Å². The first-order chi connectivity index (χ1) is 24.5. The molecule has 2 heterocycles. The quantitative estimate of drug-likeness (QED) is 0.278. The topological polar surface area (TPSA) is 108 Å². The molecule has 3 fully saturated rings. The number of nitrogens with one attached hydrogen (secondary N) is 1. The van der Waals surface area contributed by atoms with Gasteiger partial charge in [-0.15, -0.1) is 0 Å². The van der Waals surface area contributed by atoms with E-state index in [1.807, 2.05) is 23.1 Å². The van der Waals surface area contributed by atoms with Gasteiger partial charge in [0, 0.05) is 45.3 Å². The van der Waals surface area contributed by atoms with E-state index in [2.05, 4.69) is 5.32 Å². The number of piperazine rings is 1. The summed E-state index contributed by atoms with van der Waals surface area (Å²) in [5.41, 5.74) is -0.784. The number of fused-ring (bicyclic) bond motifs is 1. The Morgan fingerprint density at radius 3 is 2.15 bits per heavy atom. The number of benzene rings is 3. The summed E-state index contributed by atoms with van der Waals surface area (Å²) in [6.07, 6.45) is 0.478. The summed E-state index contributed by atoms with van der Waals surface area (Å²) < 4.78 is 81.0. The molecule has 1 saturated carbocycles. The van der Waals surface area contributed by atoms with Crippen LogP contribution in [-0.2, 0) is 32.3 Å². The average molecular weight is 745 g/mol. The third-order valence-corrected chi connectivity index (χ3v) is 11.8. The fourth-order valence-electron chi connectivity index (χ4n) is 7.21. The van der Waals surface area contributed by atoms with Gasteiger partial charge in [0.1, 0.15) is 17.4 Å². The minimum absolute atomic E-state index is 0.0161. The summed E-state index contributed by atoms with van der Waals surface area (Å²) in [6, 6.07) is 14.1. The van der Waals surface area contributed by atoms with Crippen molar-refractivity contribution in [3.63, 3.8) is 0 Å². The number of hydrogen-bond acceptors (Lipinski definition) is 7. The number of sulfonamides is 1. The van der Waals surface area contributed by atoms with E-state index >= 15 is 0 Å². The number of ether oxygens (including phenoxy) is 2. The predicted molar refractivity (Wildman–Crippen MR) is 190 cm³/mol. The van der Waals surface area contributed by atoms with Gasteiger partial charge >= 0.3 is 12.3 Å². The number of alkyl halides is 3. The molecule has 6 rings (SSSR count). The second-order valence-electron chi connectivity index (χ2n) is 15.0. The molecule has 10 nitrogen and oxygen atoms in total. The second-order valence-corrected chi connectivity index (χ2v) is 16.9. The molecule has 3 aliphatic rings. The number of amides is 2. The number of alkyl carbamates (subject to hydrolysis) is 1. The smallest absolute Gasteiger partial charge is 0.416 e. The van der Waals surface area contributed by atoms with Crippen molar-refractivity contribution in [2.75, 3.05) is 32.7 Å². The highest BCUT2D eigenvalue weighted by Gasteiger charge is 2.43. The standard InChI is InChI=1S/C38H47F3N4O6S/c1-37(2,3)51-36(47)42-30-16-18-44(19-17-30)35(46)34-25-43(24-26-8-12-29(13-9-26)38(39,40)41)20-21-45(34)52(48,49)33-15-11-27-22-32(14-10-28(27)23-33)50-31-6-4-5-7-31/h8-15,22-23,30-31,34H,4-7,16-21,24-25H2,1-3H3,(H,42,47)/t34-/m0/s1. The number of piperidine rings is 1. The molecule has 3 aromatic rings.